The van der Waals surface area contributed by atoms with Gasteiger partial charge in [0.2, 0.25) is 0 Å². The van der Waals surface area contributed by atoms with E-state index in [0.29, 0.717) is 0 Å². The van der Waals surface area contributed by atoms with Crippen LogP contribution in [0, 0.1) is 23.2 Å². The molecule has 4 rings (SSSR count). The summed E-state index contributed by atoms with van der Waals surface area (Å²) in [4.78, 5) is 77.9. The monoisotopic (exact) mass is 714 g/mol. The zero-order valence-corrected chi connectivity index (χ0v) is 29.1. The molecule has 1 saturated carbocycles. The van der Waals surface area contributed by atoms with Gasteiger partial charge < -0.3 is 43.4 Å². The van der Waals surface area contributed by atoms with Crippen LogP contribution in [0.5, 0.6) is 0 Å². The van der Waals surface area contributed by atoms with E-state index in [0.717, 1.165) is 20.8 Å². The van der Waals surface area contributed by atoms with Crippen molar-refractivity contribution in [2.45, 2.75) is 103 Å². The maximum atomic E-state index is 13.5. The third-order valence-electron chi connectivity index (χ3n) is 9.60. The van der Waals surface area contributed by atoms with Crippen molar-refractivity contribution >= 4 is 47.4 Å². The lowest BCUT2D eigenvalue weighted by atomic mass is 9.51. The summed E-state index contributed by atoms with van der Waals surface area (Å²) in [5, 5.41) is 22.5. The lowest BCUT2D eigenvalue weighted by Gasteiger charge is -2.59. The summed E-state index contributed by atoms with van der Waals surface area (Å²) in [7, 11) is 0. The first kappa shape index (κ1) is 38.3. The molecule has 2 heterocycles. The highest BCUT2D eigenvalue weighted by Crippen LogP contribution is 2.63. The Morgan fingerprint density at radius 2 is 1.55 bits per heavy atom. The molecule has 0 bridgehead atoms. The van der Waals surface area contributed by atoms with Crippen molar-refractivity contribution in [2.24, 2.45) is 23.2 Å². The van der Waals surface area contributed by atoms with Crippen molar-refractivity contribution in [2.75, 3.05) is 19.1 Å². The van der Waals surface area contributed by atoms with Crippen LogP contribution in [-0.2, 0) is 61.9 Å². The van der Waals surface area contributed by atoms with Gasteiger partial charge in [-0.05, 0) is 30.6 Å². The van der Waals surface area contributed by atoms with Crippen LogP contribution in [0.2, 0.25) is 0 Å². The van der Waals surface area contributed by atoms with E-state index in [2.05, 4.69) is 0 Å². The van der Waals surface area contributed by atoms with Gasteiger partial charge in [-0.25, -0.2) is 4.79 Å². The summed E-state index contributed by atoms with van der Waals surface area (Å²) in [6, 6.07) is 0. The normalized spacial score (nSPS) is 37.9. The molecular weight excluding hydrogens is 672 g/mol. The van der Waals surface area contributed by atoms with Crippen molar-refractivity contribution in [3.8, 4) is 0 Å². The molecule has 272 valence electrons. The highest BCUT2D eigenvalue weighted by atomic mass is 35.5. The van der Waals surface area contributed by atoms with Crippen molar-refractivity contribution in [3.63, 3.8) is 0 Å². The van der Waals surface area contributed by atoms with Gasteiger partial charge in [0.25, 0.3) is 0 Å². The van der Waals surface area contributed by atoms with E-state index in [-0.39, 0.29) is 30.4 Å². The van der Waals surface area contributed by atoms with E-state index in [1.54, 1.807) is 13.8 Å². The van der Waals surface area contributed by atoms with Gasteiger partial charge in [-0.15, -0.1) is 11.6 Å². The van der Waals surface area contributed by atoms with E-state index in [9.17, 15) is 39.0 Å². The van der Waals surface area contributed by atoms with Crippen LogP contribution in [-0.4, -0.2) is 113 Å². The Hall–Kier alpha value is -3.53. The molecule has 15 nitrogen and oxygen atoms in total. The van der Waals surface area contributed by atoms with Gasteiger partial charge in [-0.1, -0.05) is 26.8 Å². The molecule has 2 N–H and O–H groups in total. The number of hydrogen-bond donors (Lipinski definition) is 2. The second-order valence-corrected chi connectivity index (χ2v) is 13.8. The maximum Gasteiger partial charge on any atom is 0.332 e. The average Bonchev–Trinajstić information content (AvgIpc) is 3.75. The molecule has 0 aromatic rings. The summed E-state index contributed by atoms with van der Waals surface area (Å²) in [5.74, 6) is -8.64. The number of esters is 6. The zero-order valence-electron chi connectivity index (χ0n) is 28.3. The fourth-order valence-corrected chi connectivity index (χ4v) is 7.62. The Bertz CT molecular complexity index is 1420. The lowest BCUT2D eigenvalue weighted by molar-refractivity contribution is -0.280. The minimum absolute atomic E-state index is 0.126. The quantitative estimate of drug-likeness (QED) is 0.148. The number of aliphatic hydroxyl groups is 2. The maximum absolute atomic E-state index is 13.5. The fraction of sp³-hybridized carbons (Fsp3) is 0.697. The van der Waals surface area contributed by atoms with E-state index in [1.807, 2.05) is 0 Å². The van der Waals surface area contributed by atoms with Gasteiger partial charge >= 0.3 is 35.8 Å². The molecule has 0 radical (unpaired) electrons. The van der Waals surface area contributed by atoms with Gasteiger partial charge in [-0.2, -0.15) is 0 Å². The summed E-state index contributed by atoms with van der Waals surface area (Å²) in [6.45, 7) is 8.26. The van der Waals surface area contributed by atoms with Gasteiger partial charge in [0.15, 0.2) is 30.0 Å². The number of rotatable bonds is 9. The van der Waals surface area contributed by atoms with E-state index < -0.39 is 107 Å². The highest BCUT2D eigenvalue weighted by Gasteiger charge is 2.81. The SMILES string of the molecule is CC(=O)O[C@H]1[C@@H](OC(C)=O)[C@]2(CO2)[C@@H]2[C@H](OC(C)=O)[C@@]3(O)[C@H](C=C(CCl)C=C[C@H](OC(=O)CO)[C@@]2(C)[C@H]1OC(=O)CC(C)C)OC(=O)[C@@H]3C. The van der Waals surface area contributed by atoms with Gasteiger partial charge in [0.1, 0.15) is 24.4 Å². The van der Waals surface area contributed by atoms with Gasteiger partial charge in [0, 0.05) is 39.0 Å². The topological polar surface area (TPSA) is 211 Å². The standard InChI is InChI=1S/C33H43ClO15/c1-15(2)10-23(39)49-27-25(44-17(4)36)28(45-18(5)37)32(14-43-32)26-29(46-19(6)38)33(42)16(3)30(41)48-22(33)11-20(12-34)8-9-21(31(26,27)7)47-24(40)13-35/h8-9,11,15-16,21-22,25-29,35,42H,10,12-14H2,1-7H3/t16-,21-,22-,25+,26+,27-,28+,29-,31+,32-,33-/m0/s1. The van der Waals surface area contributed by atoms with Crippen LogP contribution in [0.1, 0.15) is 54.9 Å². The van der Waals surface area contributed by atoms with E-state index in [1.165, 1.54) is 32.1 Å². The van der Waals surface area contributed by atoms with Crippen LogP contribution in [0.15, 0.2) is 23.8 Å². The third kappa shape index (κ3) is 7.08. The first-order chi connectivity index (χ1) is 22.9. The third-order valence-corrected chi connectivity index (χ3v) is 9.91. The van der Waals surface area contributed by atoms with Crippen LogP contribution < -0.4 is 0 Å². The smallest absolute Gasteiger partial charge is 0.332 e. The number of fused-ring (bicyclic) bond motifs is 3. The number of hydrogen-bond acceptors (Lipinski definition) is 15. The first-order valence-corrected chi connectivity index (χ1v) is 16.4. The Balaban J connectivity index is 2.17. The Morgan fingerprint density at radius 3 is 2.06 bits per heavy atom. The molecule has 4 aliphatic rings. The predicted molar refractivity (Wildman–Crippen MR) is 165 cm³/mol. The minimum atomic E-state index is -2.39. The first-order valence-electron chi connectivity index (χ1n) is 15.9. The number of allylic oxidation sites excluding steroid dienone is 2. The summed E-state index contributed by atoms with van der Waals surface area (Å²) in [6.07, 6.45) is -5.60. The molecule has 1 spiro atoms. The van der Waals surface area contributed by atoms with Gasteiger partial charge in [-0.3, -0.25) is 24.0 Å². The highest BCUT2D eigenvalue weighted by molar-refractivity contribution is 6.19. The van der Waals surface area contributed by atoms with Crippen LogP contribution in [0.25, 0.3) is 0 Å². The summed E-state index contributed by atoms with van der Waals surface area (Å²) in [5.41, 5.74) is -5.81. The Kier molecular flexibility index (Phi) is 11.2. The number of ether oxygens (including phenoxy) is 7. The molecule has 0 amide bonds. The average molecular weight is 715 g/mol. The van der Waals surface area contributed by atoms with E-state index >= 15 is 0 Å². The van der Waals surface area contributed by atoms with Crippen molar-refractivity contribution in [1.82, 2.24) is 0 Å². The molecule has 11 atom stereocenters. The molecule has 0 aromatic heterocycles. The second-order valence-electron chi connectivity index (χ2n) is 13.5. The molecule has 49 heavy (non-hydrogen) atoms. The molecule has 3 fully saturated rings. The number of halogens is 1. The number of epoxide rings is 1. The fourth-order valence-electron chi connectivity index (χ4n) is 7.44. The summed E-state index contributed by atoms with van der Waals surface area (Å²) < 4.78 is 41.1. The number of carbonyl (C=O) groups excluding carboxylic acids is 6. The number of carbonyl (C=O) groups is 6. The number of aliphatic hydroxyl groups excluding tert-OH is 1. The van der Waals surface area contributed by atoms with Crippen LogP contribution in [0.4, 0.5) is 0 Å². The number of alkyl halides is 1. The van der Waals surface area contributed by atoms with Crippen LogP contribution in [0.3, 0.4) is 0 Å². The lowest BCUT2D eigenvalue weighted by Crippen LogP contribution is -2.76. The summed E-state index contributed by atoms with van der Waals surface area (Å²) >= 11 is 6.26. The Labute approximate surface area is 288 Å². The molecular formula is C33H43ClO15. The minimum Gasteiger partial charge on any atom is -0.459 e. The molecule has 2 saturated heterocycles. The largest absolute Gasteiger partial charge is 0.459 e. The second kappa shape index (κ2) is 14.4. The van der Waals surface area contributed by atoms with Crippen molar-refractivity contribution in [1.29, 1.82) is 0 Å². The molecule has 2 aliphatic carbocycles. The van der Waals surface area contributed by atoms with E-state index in [4.69, 9.17) is 44.8 Å². The Morgan fingerprint density at radius 1 is 0.959 bits per heavy atom. The van der Waals surface area contributed by atoms with Gasteiger partial charge in [0.05, 0.1) is 17.9 Å². The molecule has 16 heteroatoms. The zero-order chi connectivity index (χ0) is 36.6. The molecule has 0 unspecified atom stereocenters. The van der Waals surface area contributed by atoms with Crippen molar-refractivity contribution in [3.05, 3.63) is 23.8 Å². The predicted octanol–water partition coefficient (Wildman–Crippen LogP) is 1.08. The van der Waals surface area contributed by atoms with Crippen LogP contribution >= 0.6 is 11.6 Å². The molecule has 2 aliphatic heterocycles. The molecule has 0 aromatic carbocycles. The van der Waals surface area contributed by atoms with Crippen molar-refractivity contribution < 1.29 is 72.1 Å².